The molecular weight excluding hydrogens is 628 g/mol. The number of para-hydroxylation sites is 2. The fourth-order valence-corrected chi connectivity index (χ4v) is 8.22. The maximum Gasteiger partial charge on any atom is 0.407 e. The summed E-state index contributed by atoms with van der Waals surface area (Å²) in [6.07, 6.45) is 1.18. The molecule has 2 heterocycles. The summed E-state index contributed by atoms with van der Waals surface area (Å²) in [5.74, 6) is 0.503. The van der Waals surface area contributed by atoms with Gasteiger partial charge in [0.2, 0.25) is 0 Å². The van der Waals surface area contributed by atoms with E-state index in [2.05, 4.69) is 29.2 Å². The normalized spacial score (nSPS) is 16.8. The number of fused-ring (bicyclic) bond motifs is 1. The van der Waals surface area contributed by atoms with Gasteiger partial charge in [0.15, 0.2) is 0 Å². The van der Waals surface area contributed by atoms with Crippen molar-refractivity contribution < 1.29 is 23.1 Å². The molecule has 2 atom stereocenters. The third-order valence-corrected chi connectivity index (χ3v) is 10.8. The molecule has 1 N–H and O–H groups in total. The maximum absolute atomic E-state index is 14.1. The lowest BCUT2D eigenvalue weighted by Crippen LogP contribution is -2.47. The first-order chi connectivity index (χ1) is 23.3. The highest BCUT2D eigenvalue weighted by Crippen LogP contribution is 2.32. The first-order valence-corrected chi connectivity index (χ1v) is 17.6. The molecule has 0 spiro atoms. The lowest BCUT2D eigenvalue weighted by Gasteiger charge is -2.38. The van der Waals surface area contributed by atoms with E-state index in [0.29, 0.717) is 30.5 Å². The third-order valence-electron chi connectivity index (χ3n) is 9.15. The van der Waals surface area contributed by atoms with Gasteiger partial charge in [-0.3, -0.25) is 9.47 Å². The van der Waals surface area contributed by atoms with Crippen molar-refractivity contribution in [3.05, 3.63) is 131 Å². The number of hydrogen-bond acceptors (Lipinski definition) is 6. The van der Waals surface area contributed by atoms with Gasteiger partial charge in [-0.15, -0.1) is 0 Å². The number of carbonyl (C=O) groups is 1. The minimum Gasteiger partial charge on any atom is -0.497 e. The number of likely N-dealkylation sites (tertiary alicyclic amines) is 1. The highest BCUT2D eigenvalue weighted by atomic mass is 32.2. The van der Waals surface area contributed by atoms with E-state index in [1.165, 1.54) is 35.3 Å². The molecule has 1 unspecified atom stereocenters. The van der Waals surface area contributed by atoms with E-state index in [-0.39, 0.29) is 29.0 Å². The molecule has 48 heavy (non-hydrogen) atoms. The van der Waals surface area contributed by atoms with E-state index in [1.807, 2.05) is 36.4 Å². The number of piperidine rings is 1. The summed E-state index contributed by atoms with van der Waals surface area (Å²) >= 11 is 0. The van der Waals surface area contributed by atoms with Crippen LogP contribution >= 0.6 is 0 Å². The SMILES string of the molecule is COc1ccc(S(=O)(=O)n2c(=O)n(C3CCN(C(=O)O)[C@@H](CCCN(Cc4ccccc4)Cc4ccccc4)C3)c3ccccc32)cc1. The fraction of sp³-hybridized carbons (Fsp3) is 0.297. The zero-order valence-electron chi connectivity index (χ0n) is 26.9. The van der Waals surface area contributed by atoms with E-state index >= 15 is 0 Å². The van der Waals surface area contributed by atoms with Crippen LogP contribution in [0.1, 0.15) is 42.9 Å². The summed E-state index contributed by atoms with van der Waals surface area (Å²) in [6.45, 7) is 2.55. The molecule has 11 heteroatoms. The van der Waals surface area contributed by atoms with Gasteiger partial charge in [0, 0.05) is 31.7 Å². The molecule has 1 aliphatic rings. The smallest absolute Gasteiger partial charge is 0.407 e. The van der Waals surface area contributed by atoms with E-state index in [9.17, 15) is 23.1 Å². The number of amides is 1. The first-order valence-electron chi connectivity index (χ1n) is 16.2. The van der Waals surface area contributed by atoms with Crippen LogP contribution in [0, 0.1) is 0 Å². The topological polar surface area (TPSA) is 114 Å². The second-order valence-electron chi connectivity index (χ2n) is 12.2. The maximum atomic E-state index is 14.1. The predicted molar refractivity (Wildman–Crippen MR) is 185 cm³/mol. The number of nitrogens with zero attached hydrogens (tertiary/aromatic N) is 4. The zero-order valence-corrected chi connectivity index (χ0v) is 27.7. The van der Waals surface area contributed by atoms with Gasteiger partial charge in [-0.05, 0) is 79.8 Å². The Kier molecular flexibility index (Phi) is 9.98. The number of ether oxygens (including phenoxy) is 1. The number of imidazole rings is 1. The molecule has 0 saturated carbocycles. The average Bonchev–Trinajstić information content (AvgIpc) is 3.41. The number of rotatable bonds is 12. The lowest BCUT2D eigenvalue weighted by molar-refractivity contribution is 0.0853. The van der Waals surface area contributed by atoms with Crippen LogP contribution in [-0.2, 0) is 23.1 Å². The molecule has 250 valence electrons. The van der Waals surface area contributed by atoms with Gasteiger partial charge in [-0.2, -0.15) is 3.97 Å². The minimum atomic E-state index is -4.23. The van der Waals surface area contributed by atoms with Gasteiger partial charge in [0.05, 0.1) is 23.0 Å². The van der Waals surface area contributed by atoms with Gasteiger partial charge in [0.1, 0.15) is 5.75 Å². The van der Waals surface area contributed by atoms with Crippen LogP contribution < -0.4 is 10.4 Å². The molecule has 1 amide bonds. The van der Waals surface area contributed by atoms with Crippen LogP contribution in [-0.4, -0.2) is 64.2 Å². The van der Waals surface area contributed by atoms with Crippen molar-refractivity contribution in [1.82, 2.24) is 18.3 Å². The van der Waals surface area contributed by atoms with Crippen molar-refractivity contribution >= 4 is 27.1 Å². The van der Waals surface area contributed by atoms with Crippen LogP contribution in [0.15, 0.2) is 119 Å². The Labute approximate surface area is 280 Å². The summed E-state index contributed by atoms with van der Waals surface area (Å²) in [5.41, 5.74) is 2.55. The number of carboxylic acid groups (broad SMARTS) is 1. The molecule has 0 aliphatic carbocycles. The Balaban J connectivity index is 1.25. The summed E-state index contributed by atoms with van der Waals surface area (Å²) in [7, 11) is -2.74. The van der Waals surface area contributed by atoms with Gasteiger partial charge < -0.3 is 14.7 Å². The van der Waals surface area contributed by atoms with Gasteiger partial charge >= 0.3 is 11.8 Å². The predicted octanol–water partition coefficient (Wildman–Crippen LogP) is 6.21. The molecule has 10 nitrogen and oxygen atoms in total. The van der Waals surface area contributed by atoms with Crippen molar-refractivity contribution in [1.29, 1.82) is 0 Å². The Morgan fingerprint density at radius 1 is 0.854 bits per heavy atom. The molecule has 5 aromatic rings. The van der Waals surface area contributed by atoms with Crippen molar-refractivity contribution in [2.45, 2.75) is 55.8 Å². The standard InChI is InChI=1S/C37H40N4O6S/c1-47-32-18-20-33(21-19-32)48(45,46)41-35-17-9-8-16-34(35)40(36(41)42)31-22-24-39(37(43)44)30(25-31)15-10-23-38(26-28-11-4-2-5-12-28)27-29-13-6-3-7-14-29/h2-9,11-14,16-21,30-31H,10,15,22-27H2,1H3,(H,43,44)/t30-,31?/m0/s1. The molecular formula is C37H40N4O6S. The molecule has 1 aromatic heterocycles. The van der Waals surface area contributed by atoms with Crippen molar-refractivity contribution in [3.63, 3.8) is 0 Å². The Hall–Kier alpha value is -4.87. The molecule has 6 rings (SSSR count). The fourth-order valence-electron chi connectivity index (χ4n) is 6.82. The highest BCUT2D eigenvalue weighted by Gasteiger charge is 2.35. The Morgan fingerprint density at radius 3 is 2.02 bits per heavy atom. The van der Waals surface area contributed by atoms with Gasteiger partial charge in [-0.25, -0.2) is 18.0 Å². The monoisotopic (exact) mass is 668 g/mol. The summed E-state index contributed by atoms with van der Waals surface area (Å²) in [5, 5.41) is 10.1. The number of aromatic nitrogens is 2. The average molecular weight is 669 g/mol. The first kappa shape index (κ1) is 33.0. The molecule has 1 saturated heterocycles. The van der Waals surface area contributed by atoms with Crippen LogP contribution in [0.3, 0.4) is 0 Å². The molecule has 0 bridgehead atoms. The molecule has 1 aliphatic heterocycles. The zero-order chi connectivity index (χ0) is 33.7. The Bertz CT molecular complexity index is 1970. The third kappa shape index (κ3) is 7.02. The minimum absolute atomic E-state index is 0.0255. The van der Waals surface area contributed by atoms with E-state index in [0.717, 1.165) is 30.0 Å². The molecule has 4 aromatic carbocycles. The van der Waals surface area contributed by atoms with Crippen molar-refractivity contribution in [2.24, 2.45) is 0 Å². The second-order valence-corrected chi connectivity index (χ2v) is 14.0. The van der Waals surface area contributed by atoms with Crippen LogP contribution in [0.25, 0.3) is 11.0 Å². The number of methoxy groups -OCH3 is 1. The highest BCUT2D eigenvalue weighted by molar-refractivity contribution is 7.90. The Morgan fingerprint density at radius 2 is 1.44 bits per heavy atom. The largest absolute Gasteiger partial charge is 0.497 e. The van der Waals surface area contributed by atoms with Crippen molar-refractivity contribution in [3.8, 4) is 5.75 Å². The summed E-state index contributed by atoms with van der Waals surface area (Å²) in [4.78, 5) is 30.3. The van der Waals surface area contributed by atoms with Crippen LogP contribution in [0.5, 0.6) is 5.75 Å². The summed E-state index contributed by atoms with van der Waals surface area (Å²) in [6, 6.07) is 32.7. The molecule has 0 radical (unpaired) electrons. The van der Waals surface area contributed by atoms with Gasteiger partial charge in [0.25, 0.3) is 10.0 Å². The van der Waals surface area contributed by atoms with E-state index < -0.39 is 21.8 Å². The second kappa shape index (κ2) is 14.5. The number of benzene rings is 4. The quantitative estimate of drug-likeness (QED) is 0.168. The lowest BCUT2D eigenvalue weighted by atomic mass is 9.93. The van der Waals surface area contributed by atoms with Gasteiger partial charge in [-0.1, -0.05) is 72.8 Å². The van der Waals surface area contributed by atoms with Crippen molar-refractivity contribution in [2.75, 3.05) is 20.2 Å². The van der Waals surface area contributed by atoms with Crippen LogP contribution in [0.2, 0.25) is 0 Å². The van der Waals surface area contributed by atoms with Crippen LogP contribution in [0.4, 0.5) is 4.79 Å². The van der Waals surface area contributed by atoms with E-state index in [1.54, 1.807) is 41.0 Å². The summed E-state index contributed by atoms with van der Waals surface area (Å²) < 4.78 is 35.3. The molecule has 1 fully saturated rings. The number of hydrogen-bond donors (Lipinski definition) is 1. The van der Waals surface area contributed by atoms with E-state index in [4.69, 9.17) is 4.74 Å².